The molecule has 0 aliphatic carbocycles. The first-order chi connectivity index (χ1) is 7.52. The minimum atomic E-state index is -0.496. The zero-order valence-electron chi connectivity index (χ0n) is 8.74. The molecule has 0 radical (unpaired) electrons. The lowest BCUT2D eigenvalue weighted by Crippen LogP contribution is -2.31. The van der Waals surface area contributed by atoms with Crippen molar-refractivity contribution >= 4 is 34.7 Å². The van der Waals surface area contributed by atoms with Crippen molar-refractivity contribution in [1.82, 2.24) is 10.6 Å². The summed E-state index contributed by atoms with van der Waals surface area (Å²) in [6, 6.07) is 0. The molecule has 8 heteroatoms. The lowest BCUT2D eigenvalue weighted by Gasteiger charge is -2.04. The van der Waals surface area contributed by atoms with Crippen molar-refractivity contribution in [1.29, 1.82) is 5.41 Å². The topological polar surface area (TPSA) is 120 Å². The van der Waals surface area contributed by atoms with E-state index in [-0.39, 0.29) is 29.4 Å². The van der Waals surface area contributed by atoms with Gasteiger partial charge in [-0.05, 0) is 6.92 Å². The summed E-state index contributed by atoms with van der Waals surface area (Å²) in [6.07, 6.45) is 0.0985. The minimum Gasteiger partial charge on any atom is -0.368 e. The first-order valence-corrected chi connectivity index (χ1v) is 5.57. The molecule has 0 spiro atoms. The molecular formula is C8H13N5O2S. The van der Waals surface area contributed by atoms with Gasteiger partial charge in [0.15, 0.2) is 5.17 Å². The second-order valence-corrected chi connectivity index (χ2v) is 4.25. The molecule has 1 rings (SSSR count). The van der Waals surface area contributed by atoms with Crippen LogP contribution in [0.2, 0.25) is 0 Å². The van der Waals surface area contributed by atoms with Crippen LogP contribution < -0.4 is 16.4 Å². The molecule has 16 heavy (non-hydrogen) atoms. The van der Waals surface area contributed by atoms with Crippen LogP contribution in [0.5, 0.6) is 0 Å². The average Bonchev–Trinajstić information content (AvgIpc) is 2.45. The number of nitrogens with zero attached hydrogens (tertiary/aromatic N) is 1. The van der Waals surface area contributed by atoms with E-state index in [0.29, 0.717) is 6.54 Å². The maximum absolute atomic E-state index is 11.4. The van der Waals surface area contributed by atoms with Gasteiger partial charge in [-0.2, -0.15) is 4.99 Å². The second kappa shape index (κ2) is 5.50. The third-order valence-electron chi connectivity index (χ3n) is 1.74. The molecule has 0 saturated carbocycles. The largest absolute Gasteiger partial charge is 0.368 e. The Kier molecular flexibility index (Phi) is 4.29. The first-order valence-electron chi connectivity index (χ1n) is 4.70. The van der Waals surface area contributed by atoms with Crippen LogP contribution in [0.4, 0.5) is 0 Å². The summed E-state index contributed by atoms with van der Waals surface area (Å²) in [6.45, 7) is 2.34. The highest BCUT2D eigenvalue weighted by atomic mass is 32.2. The highest BCUT2D eigenvalue weighted by molar-refractivity contribution is 8.15. The van der Waals surface area contributed by atoms with Crippen molar-refractivity contribution in [2.75, 3.05) is 6.54 Å². The Balaban J connectivity index is 2.55. The zero-order valence-corrected chi connectivity index (χ0v) is 9.56. The standard InChI is InChI=1S/C8H13N5O2S/c1-2-11-5(14)3-4-6(15)12-8(16-4)13-7(9)10/h4H,2-3H2,1H3,(H,11,14)(H4,9,10,12,13,15). The molecule has 2 amide bonds. The van der Waals surface area contributed by atoms with Gasteiger partial charge < -0.3 is 16.4 Å². The fraction of sp³-hybridized carbons (Fsp3) is 0.500. The van der Waals surface area contributed by atoms with Gasteiger partial charge in [-0.3, -0.25) is 15.0 Å². The molecule has 88 valence electrons. The molecule has 1 aliphatic heterocycles. The van der Waals surface area contributed by atoms with Crippen molar-refractivity contribution in [3.63, 3.8) is 0 Å². The van der Waals surface area contributed by atoms with Crippen LogP contribution in [-0.2, 0) is 9.59 Å². The van der Waals surface area contributed by atoms with Gasteiger partial charge in [-0.1, -0.05) is 11.8 Å². The van der Waals surface area contributed by atoms with Gasteiger partial charge >= 0.3 is 0 Å². The van der Waals surface area contributed by atoms with Gasteiger partial charge in [0.05, 0.1) is 0 Å². The summed E-state index contributed by atoms with van der Waals surface area (Å²) in [5.41, 5.74) is 5.06. The van der Waals surface area contributed by atoms with Crippen LogP contribution in [0, 0.1) is 5.41 Å². The third kappa shape index (κ3) is 3.54. The van der Waals surface area contributed by atoms with Crippen molar-refractivity contribution in [2.24, 2.45) is 10.7 Å². The van der Waals surface area contributed by atoms with E-state index in [1.807, 2.05) is 6.92 Å². The average molecular weight is 243 g/mol. The number of guanidine groups is 1. The quantitative estimate of drug-likeness (QED) is 0.375. The molecule has 0 aromatic rings. The van der Waals surface area contributed by atoms with E-state index in [0.717, 1.165) is 11.8 Å². The Hall–Kier alpha value is -1.57. The Bertz CT molecular complexity index is 354. The summed E-state index contributed by atoms with van der Waals surface area (Å²) >= 11 is 1.11. The van der Waals surface area contributed by atoms with E-state index in [9.17, 15) is 9.59 Å². The molecule has 0 bridgehead atoms. The summed E-state index contributed by atoms with van der Waals surface area (Å²) in [5, 5.41) is 11.8. The number of thioether (sulfide) groups is 1. The highest BCUT2D eigenvalue weighted by Gasteiger charge is 2.31. The van der Waals surface area contributed by atoms with E-state index in [2.05, 4.69) is 15.6 Å². The Labute approximate surface area is 96.8 Å². The molecular weight excluding hydrogens is 230 g/mol. The van der Waals surface area contributed by atoms with Crippen LogP contribution in [0.3, 0.4) is 0 Å². The smallest absolute Gasteiger partial charge is 0.240 e. The Morgan fingerprint density at radius 3 is 3.00 bits per heavy atom. The molecule has 1 saturated heterocycles. The van der Waals surface area contributed by atoms with E-state index in [1.54, 1.807) is 0 Å². The number of hydrogen-bond donors (Lipinski definition) is 4. The Morgan fingerprint density at radius 1 is 1.75 bits per heavy atom. The van der Waals surface area contributed by atoms with Gasteiger partial charge in [0, 0.05) is 13.0 Å². The minimum absolute atomic E-state index is 0.0985. The van der Waals surface area contributed by atoms with E-state index in [4.69, 9.17) is 11.1 Å². The number of rotatable bonds is 3. The van der Waals surface area contributed by atoms with Gasteiger partial charge in [0.1, 0.15) is 5.25 Å². The van der Waals surface area contributed by atoms with E-state index >= 15 is 0 Å². The predicted molar refractivity (Wildman–Crippen MR) is 62.2 cm³/mol. The molecule has 1 fully saturated rings. The predicted octanol–water partition coefficient (Wildman–Crippen LogP) is -1.01. The number of hydrogen-bond acceptors (Lipinski definition) is 4. The van der Waals surface area contributed by atoms with Crippen LogP contribution in [-0.4, -0.2) is 34.7 Å². The molecule has 0 aromatic carbocycles. The highest BCUT2D eigenvalue weighted by Crippen LogP contribution is 2.21. The summed E-state index contributed by atoms with van der Waals surface area (Å²) in [5.74, 6) is -0.836. The number of aliphatic imine (C=N–C) groups is 1. The fourth-order valence-electron chi connectivity index (χ4n) is 1.14. The van der Waals surface area contributed by atoms with Gasteiger partial charge in [0.25, 0.3) is 0 Å². The number of carbonyl (C=O) groups excluding carboxylic acids is 2. The van der Waals surface area contributed by atoms with Crippen molar-refractivity contribution in [3.8, 4) is 0 Å². The van der Waals surface area contributed by atoms with Gasteiger partial charge in [0.2, 0.25) is 17.8 Å². The first kappa shape index (κ1) is 12.5. The van der Waals surface area contributed by atoms with Crippen LogP contribution in [0.1, 0.15) is 13.3 Å². The molecule has 1 atom stereocenters. The van der Waals surface area contributed by atoms with E-state index in [1.165, 1.54) is 0 Å². The summed E-state index contributed by atoms with van der Waals surface area (Å²) < 4.78 is 0. The fourth-order valence-corrected chi connectivity index (χ4v) is 2.12. The zero-order chi connectivity index (χ0) is 12.1. The third-order valence-corrected chi connectivity index (χ3v) is 2.83. The molecule has 7 nitrogen and oxygen atoms in total. The maximum atomic E-state index is 11.4. The van der Waals surface area contributed by atoms with Crippen LogP contribution in [0.25, 0.3) is 0 Å². The number of amidine groups is 1. The number of amides is 2. The van der Waals surface area contributed by atoms with E-state index < -0.39 is 5.25 Å². The molecule has 1 unspecified atom stereocenters. The van der Waals surface area contributed by atoms with Crippen LogP contribution >= 0.6 is 11.8 Å². The van der Waals surface area contributed by atoms with Crippen LogP contribution in [0.15, 0.2) is 4.99 Å². The molecule has 0 aromatic heterocycles. The lowest BCUT2D eigenvalue weighted by molar-refractivity contribution is -0.125. The SMILES string of the molecule is CCNC(=O)CC1SC(=NC(=N)N)NC1=O. The molecule has 5 N–H and O–H groups in total. The van der Waals surface area contributed by atoms with Crippen molar-refractivity contribution < 1.29 is 9.59 Å². The van der Waals surface area contributed by atoms with Gasteiger partial charge in [-0.25, -0.2) is 0 Å². The number of nitrogens with two attached hydrogens (primary N) is 1. The normalized spacial score (nSPS) is 21.9. The molecule has 1 aliphatic rings. The van der Waals surface area contributed by atoms with Crippen molar-refractivity contribution in [3.05, 3.63) is 0 Å². The summed E-state index contributed by atoms with van der Waals surface area (Å²) in [7, 11) is 0. The lowest BCUT2D eigenvalue weighted by atomic mass is 10.3. The molecule has 1 heterocycles. The van der Waals surface area contributed by atoms with Gasteiger partial charge in [-0.15, -0.1) is 0 Å². The number of carbonyl (C=O) groups is 2. The second-order valence-electron chi connectivity index (χ2n) is 3.06. The summed E-state index contributed by atoms with van der Waals surface area (Å²) in [4.78, 5) is 26.3. The Morgan fingerprint density at radius 2 is 2.44 bits per heavy atom. The number of nitrogens with one attached hydrogen (secondary N) is 3. The maximum Gasteiger partial charge on any atom is 0.240 e. The monoisotopic (exact) mass is 243 g/mol. The van der Waals surface area contributed by atoms with Crippen molar-refractivity contribution in [2.45, 2.75) is 18.6 Å².